The lowest BCUT2D eigenvalue weighted by molar-refractivity contribution is -0.117. The summed E-state index contributed by atoms with van der Waals surface area (Å²) < 4.78 is 11.4. The summed E-state index contributed by atoms with van der Waals surface area (Å²) in [6.07, 6.45) is 3.50. The number of aromatic carboxylic acids is 1. The van der Waals surface area contributed by atoms with E-state index in [0.29, 0.717) is 36.0 Å². The van der Waals surface area contributed by atoms with E-state index in [1.54, 1.807) is 36.4 Å². The molecule has 1 fully saturated rings. The number of benzene rings is 3. The Morgan fingerprint density at radius 3 is 2.40 bits per heavy atom. The third kappa shape index (κ3) is 8.47. The van der Waals surface area contributed by atoms with Gasteiger partial charge in [-0.05, 0) is 73.7 Å². The summed E-state index contributed by atoms with van der Waals surface area (Å²) >= 11 is 0. The van der Waals surface area contributed by atoms with Crippen LogP contribution in [0.15, 0.2) is 60.7 Å². The van der Waals surface area contributed by atoms with Crippen LogP contribution in [0.4, 0.5) is 21.9 Å². The topological polar surface area (TPSA) is 129 Å². The van der Waals surface area contributed by atoms with Gasteiger partial charge in [0.25, 0.3) is 0 Å². The largest absolute Gasteiger partial charge is 0.495 e. The second-order valence-corrected chi connectivity index (χ2v) is 10.2. The van der Waals surface area contributed by atoms with Crippen LogP contribution in [0.5, 0.6) is 11.5 Å². The lowest BCUT2D eigenvalue weighted by Crippen LogP contribution is -2.31. The maximum absolute atomic E-state index is 12.6. The number of carbonyl (C=O) groups is 3. The SMILES string of the molecule is COc1cc(CC(=O)CNCCOc2ccc(C(=O)O)cc2N2CCCCC2)ccc1NC(=O)Nc1ccccc1C. The predicted octanol–water partition coefficient (Wildman–Crippen LogP) is 5.12. The summed E-state index contributed by atoms with van der Waals surface area (Å²) in [7, 11) is 1.51. The number of carboxylic acids is 1. The van der Waals surface area contributed by atoms with Crippen molar-refractivity contribution in [1.82, 2.24) is 5.32 Å². The minimum absolute atomic E-state index is 0.00475. The van der Waals surface area contributed by atoms with E-state index in [0.717, 1.165) is 42.7 Å². The molecule has 0 radical (unpaired) electrons. The Labute approximate surface area is 246 Å². The molecule has 10 heteroatoms. The smallest absolute Gasteiger partial charge is 0.335 e. The molecule has 0 unspecified atom stereocenters. The van der Waals surface area contributed by atoms with Gasteiger partial charge in [-0.2, -0.15) is 0 Å². The number of amides is 2. The molecule has 0 aromatic heterocycles. The van der Waals surface area contributed by atoms with Crippen LogP contribution in [0.2, 0.25) is 0 Å². The van der Waals surface area contributed by atoms with Crippen LogP contribution in [-0.2, 0) is 11.2 Å². The zero-order valence-corrected chi connectivity index (χ0v) is 24.1. The van der Waals surface area contributed by atoms with Gasteiger partial charge >= 0.3 is 12.0 Å². The monoisotopic (exact) mass is 574 g/mol. The molecule has 1 aliphatic rings. The van der Waals surface area contributed by atoms with Crippen LogP contribution in [0.1, 0.15) is 40.7 Å². The van der Waals surface area contributed by atoms with Crippen molar-refractivity contribution < 1.29 is 29.0 Å². The number of ether oxygens (including phenoxy) is 2. The highest BCUT2D eigenvalue weighted by Crippen LogP contribution is 2.32. The van der Waals surface area contributed by atoms with Gasteiger partial charge in [-0.25, -0.2) is 9.59 Å². The van der Waals surface area contributed by atoms with Gasteiger partial charge in [0.15, 0.2) is 5.78 Å². The molecule has 42 heavy (non-hydrogen) atoms. The second kappa shape index (κ2) is 14.9. The zero-order valence-electron chi connectivity index (χ0n) is 24.1. The highest BCUT2D eigenvalue weighted by Gasteiger charge is 2.18. The Morgan fingerprint density at radius 1 is 0.905 bits per heavy atom. The van der Waals surface area contributed by atoms with Gasteiger partial charge in [0, 0.05) is 31.7 Å². The first kappa shape index (κ1) is 30.4. The van der Waals surface area contributed by atoms with Crippen LogP contribution in [-0.4, -0.2) is 62.8 Å². The quantitative estimate of drug-likeness (QED) is 0.207. The van der Waals surface area contributed by atoms with Gasteiger partial charge in [0.1, 0.15) is 18.1 Å². The lowest BCUT2D eigenvalue weighted by atomic mass is 10.1. The first-order valence-electron chi connectivity index (χ1n) is 14.1. The molecule has 0 bridgehead atoms. The van der Waals surface area contributed by atoms with Crippen molar-refractivity contribution in [3.8, 4) is 11.5 Å². The molecule has 1 saturated heterocycles. The number of carboxylic acid groups (broad SMARTS) is 1. The van der Waals surface area contributed by atoms with Crippen molar-refractivity contribution in [1.29, 1.82) is 0 Å². The molecule has 3 aromatic rings. The van der Waals surface area contributed by atoms with Crippen LogP contribution in [0, 0.1) is 6.92 Å². The Morgan fingerprint density at radius 2 is 1.67 bits per heavy atom. The number of nitrogens with one attached hydrogen (secondary N) is 3. The minimum atomic E-state index is -0.966. The number of anilines is 3. The van der Waals surface area contributed by atoms with Crippen LogP contribution >= 0.6 is 0 Å². The highest BCUT2D eigenvalue weighted by molar-refractivity contribution is 6.01. The molecular formula is C32H38N4O6. The Bertz CT molecular complexity index is 1400. The van der Waals surface area contributed by atoms with Gasteiger partial charge in [0.05, 0.1) is 30.6 Å². The Hall–Kier alpha value is -4.57. The van der Waals surface area contributed by atoms with E-state index in [1.165, 1.54) is 13.5 Å². The number of methoxy groups -OCH3 is 1. The Kier molecular flexibility index (Phi) is 10.8. The maximum Gasteiger partial charge on any atom is 0.335 e. The summed E-state index contributed by atoms with van der Waals surface area (Å²) in [4.78, 5) is 38.8. The Balaban J connectivity index is 1.24. The zero-order chi connectivity index (χ0) is 29.9. The number of piperidine rings is 1. The highest BCUT2D eigenvalue weighted by atomic mass is 16.5. The second-order valence-electron chi connectivity index (χ2n) is 10.2. The number of aryl methyl sites for hydroxylation is 1. The summed E-state index contributed by atoms with van der Waals surface area (Å²) in [5.41, 5.74) is 3.96. The fraction of sp³-hybridized carbons (Fsp3) is 0.344. The molecule has 0 saturated carbocycles. The van der Waals surface area contributed by atoms with Gasteiger partial charge in [-0.15, -0.1) is 0 Å². The molecular weight excluding hydrogens is 536 g/mol. The molecule has 1 aliphatic heterocycles. The number of hydrogen-bond acceptors (Lipinski definition) is 7. The molecule has 3 aromatic carbocycles. The fourth-order valence-corrected chi connectivity index (χ4v) is 4.84. The average molecular weight is 575 g/mol. The molecule has 0 atom stereocenters. The molecule has 10 nitrogen and oxygen atoms in total. The van der Waals surface area contributed by atoms with E-state index in [-0.39, 0.29) is 24.3 Å². The number of para-hydroxylation sites is 1. The molecule has 4 N–H and O–H groups in total. The van der Waals surface area contributed by atoms with Crippen molar-refractivity contribution in [3.05, 3.63) is 77.4 Å². The molecule has 0 aliphatic carbocycles. The van der Waals surface area contributed by atoms with E-state index in [1.807, 2.05) is 31.2 Å². The normalized spacial score (nSPS) is 12.9. The third-order valence-electron chi connectivity index (χ3n) is 7.07. The van der Waals surface area contributed by atoms with E-state index < -0.39 is 12.0 Å². The number of Topliss-reactive ketones (excluding diaryl/α,β-unsaturated/α-hetero) is 1. The van der Waals surface area contributed by atoms with Crippen molar-refractivity contribution in [2.75, 3.05) is 55.4 Å². The van der Waals surface area contributed by atoms with Crippen LogP contribution < -0.4 is 30.3 Å². The van der Waals surface area contributed by atoms with E-state index in [9.17, 15) is 19.5 Å². The number of hydrogen-bond donors (Lipinski definition) is 4. The molecule has 4 rings (SSSR count). The van der Waals surface area contributed by atoms with Crippen molar-refractivity contribution in [2.24, 2.45) is 0 Å². The van der Waals surface area contributed by atoms with Gasteiger partial charge < -0.3 is 35.4 Å². The summed E-state index contributed by atoms with van der Waals surface area (Å²) in [6.45, 7) is 4.61. The van der Waals surface area contributed by atoms with E-state index in [2.05, 4.69) is 20.9 Å². The number of rotatable bonds is 13. The first-order valence-corrected chi connectivity index (χ1v) is 14.1. The minimum Gasteiger partial charge on any atom is -0.495 e. The lowest BCUT2D eigenvalue weighted by Gasteiger charge is -2.30. The summed E-state index contributed by atoms with van der Waals surface area (Å²) in [5, 5.41) is 18.1. The predicted molar refractivity (Wildman–Crippen MR) is 163 cm³/mol. The van der Waals surface area contributed by atoms with Crippen molar-refractivity contribution in [2.45, 2.75) is 32.6 Å². The van der Waals surface area contributed by atoms with Crippen molar-refractivity contribution >= 4 is 34.8 Å². The number of urea groups is 1. The van der Waals surface area contributed by atoms with Crippen LogP contribution in [0.25, 0.3) is 0 Å². The van der Waals surface area contributed by atoms with Crippen LogP contribution in [0.3, 0.4) is 0 Å². The number of ketones is 1. The van der Waals surface area contributed by atoms with E-state index >= 15 is 0 Å². The van der Waals surface area contributed by atoms with Gasteiger partial charge in [0.2, 0.25) is 0 Å². The molecule has 0 spiro atoms. The molecule has 222 valence electrons. The molecule has 1 heterocycles. The fourth-order valence-electron chi connectivity index (χ4n) is 4.84. The molecule has 2 amide bonds. The van der Waals surface area contributed by atoms with Gasteiger partial charge in [-0.3, -0.25) is 4.79 Å². The van der Waals surface area contributed by atoms with E-state index in [4.69, 9.17) is 9.47 Å². The first-order chi connectivity index (χ1) is 20.3. The summed E-state index contributed by atoms with van der Waals surface area (Å²) in [5.74, 6) is 0.130. The third-order valence-corrected chi connectivity index (χ3v) is 7.07. The maximum atomic E-state index is 12.6. The average Bonchev–Trinajstić information content (AvgIpc) is 2.99. The van der Waals surface area contributed by atoms with Gasteiger partial charge in [-0.1, -0.05) is 24.3 Å². The van der Waals surface area contributed by atoms with Crippen molar-refractivity contribution in [3.63, 3.8) is 0 Å². The summed E-state index contributed by atoms with van der Waals surface area (Å²) in [6, 6.07) is 17.3. The number of nitrogens with zero attached hydrogens (tertiary/aromatic N) is 1. The standard InChI is InChI=1S/C32H38N4O6/c1-22-8-4-5-9-26(22)34-32(40)35-27-12-10-23(19-30(27)41-2)18-25(37)21-33-14-17-42-29-13-11-24(31(38)39)20-28(29)36-15-6-3-7-16-36/h4-5,8-13,19-20,33H,3,6-7,14-18,21H2,1-2H3,(H,38,39)(H2,34,35,40). The number of carbonyl (C=O) groups excluding carboxylic acids is 2.